The minimum Gasteiger partial charge on any atom is -0.422 e. The van der Waals surface area contributed by atoms with Gasteiger partial charge in [-0.3, -0.25) is 4.79 Å². The van der Waals surface area contributed by atoms with Crippen LogP contribution in [0.5, 0.6) is 5.75 Å². The van der Waals surface area contributed by atoms with Gasteiger partial charge in [-0.15, -0.1) is 0 Å². The fourth-order valence-corrected chi connectivity index (χ4v) is 5.80. The molecule has 0 unspecified atom stereocenters. The van der Waals surface area contributed by atoms with Crippen LogP contribution in [-0.4, -0.2) is 20.3 Å². The first kappa shape index (κ1) is 27.1. The fraction of sp³-hybridized carbons (Fsp3) is 0.0625. The Kier molecular flexibility index (Phi) is 7.43. The minimum absolute atomic E-state index is 0.101. The van der Waals surface area contributed by atoms with E-state index < -0.39 is 21.9 Å². The van der Waals surface area contributed by atoms with E-state index in [0.717, 1.165) is 15.4 Å². The molecule has 5 rings (SSSR count). The largest absolute Gasteiger partial charge is 0.422 e. The molecule has 1 amide bonds. The summed E-state index contributed by atoms with van der Waals surface area (Å²) in [6, 6.07) is 29.1. The number of nitrogens with zero attached hydrogens (tertiary/aromatic N) is 1. The third kappa shape index (κ3) is 5.34. The van der Waals surface area contributed by atoms with Gasteiger partial charge in [-0.05, 0) is 74.5 Å². The molecule has 0 saturated carbocycles. The summed E-state index contributed by atoms with van der Waals surface area (Å²) in [5.74, 6) is -1.06. The zero-order valence-electron chi connectivity index (χ0n) is 21.7. The summed E-state index contributed by atoms with van der Waals surface area (Å²) >= 11 is 6.00. The van der Waals surface area contributed by atoms with Gasteiger partial charge in [0.2, 0.25) is 0 Å². The summed E-state index contributed by atoms with van der Waals surface area (Å²) in [7, 11) is -4.39. The Bertz CT molecular complexity index is 1830. The van der Waals surface area contributed by atoms with Crippen LogP contribution in [0.25, 0.3) is 10.8 Å². The van der Waals surface area contributed by atoms with Gasteiger partial charge in [-0.1, -0.05) is 71.3 Å². The lowest BCUT2D eigenvalue weighted by molar-refractivity contribution is 0.0736. The minimum atomic E-state index is -4.39. The lowest BCUT2D eigenvalue weighted by atomic mass is 10.1. The van der Waals surface area contributed by atoms with E-state index in [0.29, 0.717) is 21.4 Å². The van der Waals surface area contributed by atoms with Crippen molar-refractivity contribution in [1.82, 2.24) is 0 Å². The Morgan fingerprint density at radius 2 is 1.23 bits per heavy atom. The SMILES string of the molecule is Cc1ccc(C(=O)Oc2ccc(N(C(=O)c3ccc(C)cc3)S(=O)(=O)c3ccc(Cl)cc3)c3ccccc23)cc1. The highest BCUT2D eigenvalue weighted by Crippen LogP contribution is 2.37. The van der Waals surface area contributed by atoms with Gasteiger partial charge in [-0.2, -0.15) is 4.31 Å². The van der Waals surface area contributed by atoms with E-state index >= 15 is 0 Å². The Morgan fingerprint density at radius 1 is 0.675 bits per heavy atom. The Hall–Kier alpha value is -4.46. The summed E-state index contributed by atoms with van der Waals surface area (Å²) in [6.07, 6.45) is 0. The first-order chi connectivity index (χ1) is 19.1. The zero-order chi connectivity index (χ0) is 28.4. The summed E-state index contributed by atoms with van der Waals surface area (Å²) < 4.78 is 34.6. The molecule has 6 nitrogen and oxygen atoms in total. The molecule has 0 heterocycles. The highest BCUT2D eigenvalue weighted by molar-refractivity contribution is 7.93. The molecule has 8 heteroatoms. The number of rotatable bonds is 6. The number of aryl methyl sites for hydroxylation is 2. The third-order valence-electron chi connectivity index (χ3n) is 6.40. The second kappa shape index (κ2) is 11.0. The van der Waals surface area contributed by atoms with E-state index in [1.165, 1.54) is 36.4 Å². The van der Waals surface area contributed by atoms with Crippen molar-refractivity contribution in [3.8, 4) is 5.75 Å². The third-order valence-corrected chi connectivity index (χ3v) is 8.37. The van der Waals surface area contributed by atoms with Crippen LogP contribution in [0, 0.1) is 13.8 Å². The first-order valence-electron chi connectivity index (χ1n) is 12.4. The highest BCUT2D eigenvalue weighted by Gasteiger charge is 2.33. The lowest BCUT2D eigenvalue weighted by Crippen LogP contribution is -2.37. The Morgan fingerprint density at radius 3 is 1.82 bits per heavy atom. The van der Waals surface area contributed by atoms with Crippen molar-refractivity contribution in [2.24, 2.45) is 0 Å². The van der Waals surface area contributed by atoms with E-state index in [2.05, 4.69) is 0 Å². The average Bonchev–Trinajstić information content (AvgIpc) is 2.95. The van der Waals surface area contributed by atoms with Crippen molar-refractivity contribution in [2.75, 3.05) is 4.31 Å². The van der Waals surface area contributed by atoms with E-state index in [1.807, 2.05) is 26.0 Å². The number of hydrogen-bond donors (Lipinski definition) is 0. The van der Waals surface area contributed by atoms with Gasteiger partial charge in [-0.25, -0.2) is 13.2 Å². The summed E-state index contributed by atoms with van der Waals surface area (Å²) in [5.41, 5.74) is 2.62. The van der Waals surface area contributed by atoms with Crippen LogP contribution in [-0.2, 0) is 10.0 Å². The van der Waals surface area contributed by atoms with Crippen LogP contribution in [0.4, 0.5) is 5.69 Å². The number of carbonyl (C=O) groups excluding carboxylic acids is 2. The molecule has 0 aromatic heterocycles. The molecule has 200 valence electrons. The summed E-state index contributed by atoms with van der Waals surface area (Å²) in [4.78, 5) is 26.7. The molecule has 5 aromatic carbocycles. The molecule has 0 aliphatic heterocycles. The maximum atomic E-state index is 14.0. The molecule has 0 aliphatic carbocycles. The van der Waals surface area contributed by atoms with Crippen molar-refractivity contribution >= 4 is 50.0 Å². The van der Waals surface area contributed by atoms with Crippen molar-refractivity contribution in [3.05, 3.63) is 136 Å². The van der Waals surface area contributed by atoms with Gasteiger partial charge in [0.15, 0.2) is 0 Å². The van der Waals surface area contributed by atoms with Crippen LogP contribution in [0.15, 0.2) is 114 Å². The van der Waals surface area contributed by atoms with Gasteiger partial charge in [0.25, 0.3) is 15.9 Å². The number of anilines is 1. The predicted octanol–water partition coefficient (Wildman–Crippen LogP) is 7.36. The molecule has 0 N–H and O–H groups in total. The molecule has 0 radical (unpaired) electrons. The molecular formula is C32H24ClNO5S. The van der Waals surface area contributed by atoms with Crippen LogP contribution in [0.3, 0.4) is 0 Å². The van der Waals surface area contributed by atoms with Gasteiger partial charge in [0.05, 0.1) is 16.1 Å². The maximum absolute atomic E-state index is 14.0. The molecule has 0 spiro atoms. The topological polar surface area (TPSA) is 80.8 Å². The van der Waals surface area contributed by atoms with E-state index in [1.54, 1.807) is 60.7 Å². The molecule has 0 bridgehead atoms. The Balaban J connectivity index is 1.66. The van der Waals surface area contributed by atoms with Crippen molar-refractivity contribution in [3.63, 3.8) is 0 Å². The quantitative estimate of drug-likeness (QED) is 0.158. The molecule has 0 aliphatic rings. The van der Waals surface area contributed by atoms with Gasteiger partial charge < -0.3 is 4.74 Å². The number of amides is 1. The molecule has 0 saturated heterocycles. The normalized spacial score (nSPS) is 11.3. The average molecular weight is 570 g/mol. The van der Waals surface area contributed by atoms with Crippen LogP contribution >= 0.6 is 11.6 Å². The molecular weight excluding hydrogens is 546 g/mol. The number of sulfonamides is 1. The number of halogens is 1. The van der Waals surface area contributed by atoms with Crippen molar-refractivity contribution < 1.29 is 22.7 Å². The fourth-order valence-electron chi connectivity index (χ4n) is 4.24. The molecule has 0 fully saturated rings. The lowest BCUT2D eigenvalue weighted by Gasteiger charge is -2.25. The second-order valence-electron chi connectivity index (χ2n) is 9.28. The number of fused-ring (bicyclic) bond motifs is 1. The monoisotopic (exact) mass is 569 g/mol. The number of benzene rings is 5. The van der Waals surface area contributed by atoms with Crippen molar-refractivity contribution in [2.45, 2.75) is 18.7 Å². The number of ether oxygens (including phenoxy) is 1. The summed E-state index contributed by atoms with van der Waals surface area (Å²) in [6.45, 7) is 3.80. The van der Waals surface area contributed by atoms with Crippen LogP contribution in [0.2, 0.25) is 5.02 Å². The van der Waals surface area contributed by atoms with E-state index in [4.69, 9.17) is 16.3 Å². The molecule has 5 aromatic rings. The highest BCUT2D eigenvalue weighted by atomic mass is 35.5. The first-order valence-corrected chi connectivity index (χ1v) is 14.2. The second-order valence-corrected chi connectivity index (χ2v) is 11.5. The van der Waals surface area contributed by atoms with Crippen LogP contribution < -0.4 is 9.04 Å². The van der Waals surface area contributed by atoms with Gasteiger partial charge >= 0.3 is 5.97 Å². The molecule has 40 heavy (non-hydrogen) atoms. The maximum Gasteiger partial charge on any atom is 0.343 e. The zero-order valence-corrected chi connectivity index (χ0v) is 23.2. The predicted molar refractivity (Wildman–Crippen MR) is 157 cm³/mol. The Labute approximate surface area is 237 Å². The number of carbonyl (C=O) groups is 2. The van der Waals surface area contributed by atoms with Crippen LogP contribution in [0.1, 0.15) is 31.8 Å². The molecule has 0 atom stereocenters. The van der Waals surface area contributed by atoms with E-state index in [-0.39, 0.29) is 21.9 Å². The van der Waals surface area contributed by atoms with Gasteiger partial charge in [0, 0.05) is 21.4 Å². The standard InChI is InChI=1S/C32H24ClNO5S/c1-21-7-11-23(12-8-21)31(35)34(40(37,38)26-17-15-25(33)16-18-26)29-19-20-30(28-6-4-3-5-27(28)29)39-32(36)24-13-9-22(2)10-14-24/h3-20H,1-2H3. The van der Waals surface area contributed by atoms with Gasteiger partial charge in [0.1, 0.15) is 5.75 Å². The number of esters is 1. The van der Waals surface area contributed by atoms with Crippen molar-refractivity contribution in [1.29, 1.82) is 0 Å². The number of hydrogen-bond acceptors (Lipinski definition) is 5. The smallest absolute Gasteiger partial charge is 0.343 e. The summed E-state index contributed by atoms with van der Waals surface area (Å²) in [5, 5.41) is 1.24. The van der Waals surface area contributed by atoms with E-state index in [9.17, 15) is 18.0 Å².